The highest BCUT2D eigenvalue weighted by Crippen LogP contribution is 2.23. The second kappa shape index (κ2) is 7.22. The second-order valence-corrected chi connectivity index (χ2v) is 5.02. The Morgan fingerprint density at radius 1 is 1.33 bits per heavy atom. The summed E-state index contributed by atoms with van der Waals surface area (Å²) in [5, 5.41) is 0. The van der Waals surface area contributed by atoms with E-state index < -0.39 is 6.23 Å². The van der Waals surface area contributed by atoms with Crippen LogP contribution in [0.3, 0.4) is 0 Å². The van der Waals surface area contributed by atoms with Gasteiger partial charge in [0.05, 0.1) is 7.11 Å². The van der Waals surface area contributed by atoms with Gasteiger partial charge in [-0.05, 0) is 30.7 Å². The fourth-order valence-electron chi connectivity index (χ4n) is 2.30. The van der Waals surface area contributed by atoms with Crippen LogP contribution in [0.4, 0.5) is 0 Å². The zero-order valence-electron chi connectivity index (χ0n) is 12.5. The molecule has 1 atom stereocenters. The molecule has 0 spiro atoms. The summed E-state index contributed by atoms with van der Waals surface area (Å²) >= 11 is 0. The van der Waals surface area contributed by atoms with E-state index in [1.54, 1.807) is 31.4 Å². The Hall–Kier alpha value is -1.88. The molecule has 21 heavy (non-hydrogen) atoms. The molecule has 0 aromatic heterocycles. The standard InChI is InChI=1S/C16H21NO4/c1-3-4-11-21-15-10-9-14(18)17(15)16(19)12-5-7-13(20-2)8-6-12/h5-8,15H,3-4,9-11H2,1-2H3. The van der Waals surface area contributed by atoms with Crippen molar-refractivity contribution in [3.05, 3.63) is 29.8 Å². The normalized spacial score (nSPS) is 18.1. The van der Waals surface area contributed by atoms with Crippen molar-refractivity contribution in [3.8, 4) is 5.75 Å². The van der Waals surface area contributed by atoms with Gasteiger partial charge in [-0.2, -0.15) is 0 Å². The topological polar surface area (TPSA) is 55.8 Å². The number of methoxy groups -OCH3 is 1. The van der Waals surface area contributed by atoms with E-state index in [0.717, 1.165) is 12.8 Å². The number of carbonyl (C=O) groups is 2. The van der Waals surface area contributed by atoms with Crippen molar-refractivity contribution in [1.82, 2.24) is 4.90 Å². The van der Waals surface area contributed by atoms with Crippen LogP contribution < -0.4 is 4.74 Å². The molecule has 1 unspecified atom stereocenters. The Morgan fingerprint density at radius 2 is 2.05 bits per heavy atom. The van der Waals surface area contributed by atoms with E-state index in [9.17, 15) is 9.59 Å². The Labute approximate surface area is 124 Å². The fraction of sp³-hybridized carbons (Fsp3) is 0.500. The monoisotopic (exact) mass is 291 g/mol. The minimum absolute atomic E-state index is 0.169. The molecule has 1 aliphatic rings. The van der Waals surface area contributed by atoms with Crippen LogP contribution in [-0.2, 0) is 9.53 Å². The molecule has 1 aliphatic heterocycles. The third-order valence-electron chi connectivity index (χ3n) is 3.53. The van der Waals surface area contributed by atoms with E-state index in [1.807, 2.05) is 0 Å². The second-order valence-electron chi connectivity index (χ2n) is 5.02. The van der Waals surface area contributed by atoms with Gasteiger partial charge in [-0.15, -0.1) is 0 Å². The van der Waals surface area contributed by atoms with Gasteiger partial charge < -0.3 is 9.47 Å². The lowest BCUT2D eigenvalue weighted by atomic mass is 10.2. The number of hydrogen-bond donors (Lipinski definition) is 0. The van der Waals surface area contributed by atoms with Crippen LogP contribution in [0.15, 0.2) is 24.3 Å². The van der Waals surface area contributed by atoms with Gasteiger partial charge in [-0.25, -0.2) is 0 Å². The number of nitrogens with zero attached hydrogens (tertiary/aromatic N) is 1. The number of benzene rings is 1. The molecule has 0 radical (unpaired) electrons. The SMILES string of the molecule is CCCCOC1CCC(=O)N1C(=O)c1ccc(OC)cc1. The first-order valence-electron chi connectivity index (χ1n) is 7.29. The average Bonchev–Trinajstić information content (AvgIpc) is 2.88. The summed E-state index contributed by atoms with van der Waals surface area (Å²) in [6.45, 7) is 2.64. The minimum Gasteiger partial charge on any atom is -0.497 e. The molecule has 5 nitrogen and oxygen atoms in total. The molecule has 114 valence electrons. The molecule has 0 saturated carbocycles. The van der Waals surface area contributed by atoms with Crippen LogP contribution in [0, 0.1) is 0 Å². The average molecular weight is 291 g/mol. The number of carbonyl (C=O) groups excluding carboxylic acids is 2. The molecule has 1 fully saturated rings. The molecule has 0 aliphatic carbocycles. The number of ether oxygens (including phenoxy) is 2. The summed E-state index contributed by atoms with van der Waals surface area (Å²) in [5.74, 6) is 0.203. The molecule has 0 bridgehead atoms. The molecule has 5 heteroatoms. The number of imide groups is 1. The third kappa shape index (κ3) is 3.61. The van der Waals surface area contributed by atoms with E-state index in [-0.39, 0.29) is 11.8 Å². The number of amides is 2. The first-order valence-corrected chi connectivity index (χ1v) is 7.29. The highest BCUT2D eigenvalue weighted by Gasteiger charge is 2.36. The molecule has 1 aromatic rings. The zero-order chi connectivity index (χ0) is 15.2. The molecule has 0 N–H and O–H groups in total. The number of unbranched alkanes of at least 4 members (excludes halogenated alkanes) is 1. The summed E-state index contributed by atoms with van der Waals surface area (Å²) in [7, 11) is 1.57. The predicted octanol–water partition coefficient (Wildman–Crippen LogP) is 2.60. The highest BCUT2D eigenvalue weighted by atomic mass is 16.5. The van der Waals surface area contributed by atoms with E-state index >= 15 is 0 Å². The summed E-state index contributed by atoms with van der Waals surface area (Å²) in [5.41, 5.74) is 0.468. The number of likely N-dealkylation sites (tertiary alicyclic amines) is 1. The lowest BCUT2D eigenvalue weighted by Gasteiger charge is -2.23. The smallest absolute Gasteiger partial charge is 0.262 e. The lowest BCUT2D eigenvalue weighted by molar-refractivity contribution is -0.131. The van der Waals surface area contributed by atoms with Gasteiger partial charge in [-0.3, -0.25) is 14.5 Å². The van der Waals surface area contributed by atoms with Crippen molar-refractivity contribution < 1.29 is 19.1 Å². The number of rotatable bonds is 6. The predicted molar refractivity (Wildman–Crippen MR) is 78.1 cm³/mol. The van der Waals surface area contributed by atoms with Gasteiger partial charge in [0.25, 0.3) is 5.91 Å². The van der Waals surface area contributed by atoms with Gasteiger partial charge in [0, 0.05) is 25.0 Å². The molecular weight excluding hydrogens is 270 g/mol. The van der Waals surface area contributed by atoms with Crippen molar-refractivity contribution in [2.45, 2.75) is 38.8 Å². The summed E-state index contributed by atoms with van der Waals surface area (Å²) < 4.78 is 10.7. The largest absolute Gasteiger partial charge is 0.497 e. The van der Waals surface area contributed by atoms with Crippen molar-refractivity contribution in [2.24, 2.45) is 0 Å². The summed E-state index contributed by atoms with van der Waals surface area (Å²) in [4.78, 5) is 25.7. The highest BCUT2D eigenvalue weighted by molar-refractivity contribution is 6.05. The Morgan fingerprint density at radius 3 is 2.67 bits per heavy atom. The molecule has 1 saturated heterocycles. The maximum atomic E-state index is 12.5. The van der Waals surface area contributed by atoms with Gasteiger partial charge in [0.15, 0.2) is 0 Å². The van der Waals surface area contributed by atoms with Crippen molar-refractivity contribution >= 4 is 11.8 Å². The molecule has 1 aromatic carbocycles. The quantitative estimate of drug-likeness (QED) is 0.597. The minimum atomic E-state index is -0.432. The van der Waals surface area contributed by atoms with E-state index in [1.165, 1.54) is 4.90 Å². The van der Waals surface area contributed by atoms with E-state index in [2.05, 4.69) is 6.92 Å². The van der Waals surface area contributed by atoms with E-state index in [0.29, 0.717) is 30.8 Å². The van der Waals surface area contributed by atoms with Gasteiger partial charge in [-0.1, -0.05) is 13.3 Å². The molecule has 2 amide bonds. The Bertz CT molecular complexity index is 498. The molecule has 2 rings (SSSR count). The van der Waals surface area contributed by atoms with E-state index in [4.69, 9.17) is 9.47 Å². The van der Waals surface area contributed by atoms with Gasteiger partial charge in [0.1, 0.15) is 12.0 Å². The zero-order valence-corrected chi connectivity index (χ0v) is 12.5. The Kier molecular flexibility index (Phi) is 5.33. The summed E-state index contributed by atoms with van der Waals surface area (Å²) in [6, 6.07) is 6.74. The van der Waals surface area contributed by atoms with Crippen LogP contribution in [0.1, 0.15) is 43.0 Å². The van der Waals surface area contributed by atoms with Crippen LogP contribution in [0.25, 0.3) is 0 Å². The fourth-order valence-corrected chi connectivity index (χ4v) is 2.30. The number of hydrogen-bond acceptors (Lipinski definition) is 4. The molecule has 1 heterocycles. The van der Waals surface area contributed by atoms with Crippen LogP contribution in [-0.4, -0.2) is 36.7 Å². The maximum Gasteiger partial charge on any atom is 0.262 e. The van der Waals surface area contributed by atoms with Crippen molar-refractivity contribution in [3.63, 3.8) is 0 Å². The lowest BCUT2D eigenvalue weighted by Crippen LogP contribution is -2.40. The first-order chi connectivity index (χ1) is 10.2. The first kappa shape index (κ1) is 15.5. The van der Waals surface area contributed by atoms with Crippen molar-refractivity contribution in [1.29, 1.82) is 0 Å². The van der Waals surface area contributed by atoms with Crippen LogP contribution in [0.5, 0.6) is 5.75 Å². The van der Waals surface area contributed by atoms with Gasteiger partial charge in [0.2, 0.25) is 5.91 Å². The van der Waals surface area contributed by atoms with Crippen molar-refractivity contribution in [2.75, 3.05) is 13.7 Å². The van der Waals surface area contributed by atoms with Crippen LogP contribution in [0.2, 0.25) is 0 Å². The van der Waals surface area contributed by atoms with Gasteiger partial charge >= 0.3 is 0 Å². The maximum absolute atomic E-state index is 12.5. The Balaban J connectivity index is 2.08. The van der Waals surface area contributed by atoms with Crippen LogP contribution >= 0.6 is 0 Å². The molecular formula is C16H21NO4. The third-order valence-corrected chi connectivity index (χ3v) is 3.53. The summed E-state index contributed by atoms with van der Waals surface area (Å²) in [6.07, 6.45) is 2.45.